The van der Waals surface area contributed by atoms with Gasteiger partial charge < -0.3 is 10.2 Å². The molecular formula is C24H38N2O2. The molecule has 28 heavy (non-hydrogen) atoms. The molecule has 156 valence electrons. The molecule has 4 nitrogen and oxygen atoms in total. The molecule has 5 fully saturated rings. The Labute approximate surface area is 170 Å². The van der Waals surface area contributed by atoms with Crippen LogP contribution in [0.5, 0.6) is 0 Å². The second-order valence-corrected chi connectivity index (χ2v) is 10.7. The standard InChI is InChI=1S/C24H38N2O2/c1-3-24-12-8-17(26-28-18-10-13-25-15-18)14-16(24)4-5-19-20-6-7-22(27)23(20,2)11-9-21(19)24/h16,18-21,25H,3-15H2,1-2H3/t16-,18-,19?,20?,21?,23-,24-/m0/s1. The molecule has 4 heteroatoms. The smallest absolute Gasteiger partial charge is 0.141 e. The van der Waals surface area contributed by atoms with Gasteiger partial charge in [-0.05, 0) is 93.4 Å². The summed E-state index contributed by atoms with van der Waals surface area (Å²) in [5.41, 5.74) is 1.81. The van der Waals surface area contributed by atoms with Crippen LogP contribution < -0.4 is 5.32 Å². The van der Waals surface area contributed by atoms with Crippen molar-refractivity contribution in [3.63, 3.8) is 0 Å². The monoisotopic (exact) mass is 386 g/mol. The molecule has 1 aliphatic heterocycles. The van der Waals surface area contributed by atoms with Crippen molar-refractivity contribution in [2.45, 2.75) is 90.6 Å². The second-order valence-electron chi connectivity index (χ2n) is 10.7. The van der Waals surface area contributed by atoms with Crippen molar-refractivity contribution in [1.29, 1.82) is 0 Å². The van der Waals surface area contributed by atoms with E-state index in [1.54, 1.807) is 0 Å². The maximum atomic E-state index is 12.6. The van der Waals surface area contributed by atoms with Gasteiger partial charge in [-0.15, -0.1) is 0 Å². The Morgan fingerprint density at radius 2 is 2.00 bits per heavy atom. The Kier molecular flexibility index (Phi) is 4.84. The highest BCUT2D eigenvalue weighted by Gasteiger charge is 2.60. The number of oxime groups is 1. The van der Waals surface area contributed by atoms with Gasteiger partial charge in [0.25, 0.3) is 0 Å². The van der Waals surface area contributed by atoms with Crippen LogP contribution >= 0.6 is 0 Å². The summed E-state index contributed by atoms with van der Waals surface area (Å²) in [6.07, 6.45) is 13.3. The number of hydrogen-bond donors (Lipinski definition) is 1. The van der Waals surface area contributed by atoms with Gasteiger partial charge in [-0.3, -0.25) is 4.79 Å². The van der Waals surface area contributed by atoms with E-state index in [-0.39, 0.29) is 11.5 Å². The van der Waals surface area contributed by atoms with Gasteiger partial charge in [-0.25, -0.2) is 0 Å². The van der Waals surface area contributed by atoms with Crippen molar-refractivity contribution in [1.82, 2.24) is 5.32 Å². The molecule has 5 rings (SSSR count). The summed E-state index contributed by atoms with van der Waals surface area (Å²) >= 11 is 0. The van der Waals surface area contributed by atoms with E-state index in [0.717, 1.165) is 69.4 Å². The number of hydrogen-bond acceptors (Lipinski definition) is 4. The van der Waals surface area contributed by atoms with Crippen LogP contribution in [0.25, 0.3) is 0 Å². The number of carbonyl (C=O) groups excluding carboxylic acids is 1. The molecule has 0 aromatic carbocycles. The molecule has 1 N–H and O–H groups in total. The largest absolute Gasteiger partial charge is 0.391 e. The topological polar surface area (TPSA) is 50.7 Å². The van der Waals surface area contributed by atoms with Crippen LogP contribution in [-0.4, -0.2) is 30.7 Å². The maximum Gasteiger partial charge on any atom is 0.141 e. The first-order valence-corrected chi connectivity index (χ1v) is 12.0. The predicted octanol–water partition coefficient (Wildman–Crippen LogP) is 4.72. The Morgan fingerprint density at radius 3 is 2.79 bits per heavy atom. The summed E-state index contributed by atoms with van der Waals surface area (Å²) in [5.74, 6) is 3.64. The molecule has 0 amide bonds. The van der Waals surface area contributed by atoms with Crippen LogP contribution in [0.15, 0.2) is 5.16 Å². The van der Waals surface area contributed by atoms with Crippen LogP contribution in [0.1, 0.15) is 84.5 Å². The van der Waals surface area contributed by atoms with Crippen molar-refractivity contribution in [2.75, 3.05) is 13.1 Å². The number of nitrogens with zero attached hydrogens (tertiary/aromatic N) is 1. The lowest BCUT2D eigenvalue weighted by Gasteiger charge is -2.60. The summed E-state index contributed by atoms with van der Waals surface area (Å²) in [6, 6.07) is 0. The van der Waals surface area contributed by atoms with Gasteiger partial charge in [-0.1, -0.05) is 19.0 Å². The zero-order valence-electron chi connectivity index (χ0n) is 17.8. The SMILES string of the molecule is CC[C@]12CCC(=NO[C@H]3CCNC3)C[C@@H]1CCC1C2CC[C@]2(C)C(=O)CCC12. The van der Waals surface area contributed by atoms with E-state index in [1.807, 2.05) is 0 Å². The quantitative estimate of drug-likeness (QED) is 0.714. The first-order chi connectivity index (χ1) is 13.6. The predicted molar refractivity (Wildman–Crippen MR) is 111 cm³/mol. The number of carbonyl (C=O) groups is 1. The highest BCUT2D eigenvalue weighted by Crippen LogP contribution is 2.66. The van der Waals surface area contributed by atoms with Crippen molar-refractivity contribution in [3.8, 4) is 0 Å². The second kappa shape index (κ2) is 7.11. The van der Waals surface area contributed by atoms with Gasteiger partial charge in [0, 0.05) is 24.8 Å². The summed E-state index contributed by atoms with van der Waals surface area (Å²) in [4.78, 5) is 18.5. The Bertz CT molecular complexity index is 655. The number of nitrogens with one attached hydrogen (secondary N) is 1. The van der Waals surface area contributed by atoms with Crippen LogP contribution in [0.2, 0.25) is 0 Å². The molecule has 1 heterocycles. The minimum atomic E-state index is 0.00732. The summed E-state index contributed by atoms with van der Waals surface area (Å²) < 4.78 is 0. The molecule has 7 atom stereocenters. The third-order valence-electron chi connectivity index (χ3n) is 9.91. The minimum absolute atomic E-state index is 0.00732. The van der Waals surface area contributed by atoms with Gasteiger partial charge in [0.05, 0.1) is 5.71 Å². The zero-order chi connectivity index (χ0) is 19.4. The molecule has 0 aromatic heterocycles. The molecule has 4 aliphatic carbocycles. The van der Waals surface area contributed by atoms with E-state index in [4.69, 9.17) is 4.84 Å². The Hall–Kier alpha value is -0.900. The van der Waals surface area contributed by atoms with Crippen molar-refractivity contribution in [2.24, 2.45) is 39.7 Å². The lowest BCUT2D eigenvalue weighted by Crippen LogP contribution is -2.54. The Balaban J connectivity index is 1.33. The van der Waals surface area contributed by atoms with Gasteiger partial charge >= 0.3 is 0 Å². The first-order valence-electron chi connectivity index (χ1n) is 12.0. The lowest BCUT2D eigenvalue weighted by atomic mass is 9.44. The van der Waals surface area contributed by atoms with Gasteiger partial charge in [0.2, 0.25) is 0 Å². The van der Waals surface area contributed by atoms with E-state index in [1.165, 1.54) is 37.8 Å². The molecule has 4 saturated carbocycles. The maximum absolute atomic E-state index is 12.6. The third kappa shape index (κ3) is 2.80. The number of ketones is 1. The van der Waals surface area contributed by atoms with Gasteiger partial charge in [0.15, 0.2) is 0 Å². The molecule has 0 radical (unpaired) electrons. The van der Waals surface area contributed by atoms with Crippen LogP contribution in [-0.2, 0) is 9.63 Å². The van der Waals surface area contributed by atoms with Crippen molar-refractivity contribution < 1.29 is 9.63 Å². The number of Topliss-reactive ketones (excluding diaryl/α,β-unsaturated/α-hetero) is 1. The third-order valence-corrected chi connectivity index (χ3v) is 9.91. The van der Waals surface area contributed by atoms with E-state index in [2.05, 4.69) is 24.3 Å². The lowest BCUT2D eigenvalue weighted by molar-refractivity contribution is -0.138. The van der Waals surface area contributed by atoms with Gasteiger partial charge in [-0.2, -0.15) is 0 Å². The average Bonchev–Trinajstić information content (AvgIpc) is 3.34. The molecule has 0 aromatic rings. The van der Waals surface area contributed by atoms with Crippen LogP contribution in [0, 0.1) is 34.5 Å². The molecular weight excluding hydrogens is 348 g/mol. The molecule has 5 aliphatic rings. The van der Waals surface area contributed by atoms with Crippen molar-refractivity contribution >= 4 is 11.5 Å². The van der Waals surface area contributed by atoms with E-state index >= 15 is 0 Å². The molecule has 0 bridgehead atoms. The number of rotatable bonds is 3. The van der Waals surface area contributed by atoms with E-state index in [0.29, 0.717) is 17.1 Å². The first kappa shape index (κ1) is 19.1. The molecule has 1 saturated heterocycles. The zero-order valence-corrected chi connectivity index (χ0v) is 17.8. The fourth-order valence-electron chi connectivity index (χ4n) is 8.29. The van der Waals surface area contributed by atoms with Crippen LogP contribution in [0.4, 0.5) is 0 Å². The summed E-state index contributed by atoms with van der Waals surface area (Å²) in [6.45, 7) is 6.74. The highest BCUT2D eigenvalue weighted by molar-refractivity contribution is 5.87. The fraction of sp³-hybridized carbons (Fsp3) is 0.917. The van der Waals surface area contributed by atoms with Crippen molar-refractivity contribution in [3.05, 3.63) is 0 Å². The minimum Gasteiger partial charge on any atom is -0.391 e. The normalized spacial score (nSPS) is 49.6. The molecule has 3 unspecified atom stereocenters. The van der Waals surface area contributed by atoms with E-state index < -0.39 is 0 Å². The molecule has 0 spiro atoms. The average molecular weight is 387 g/mol. The van der Waals surface area contributed by atoms with Gasteiger partial charge in [0.1, 0.15) is 11.9 Å². The fourth-order valence-corrected chi connectivity index (χ4v) is 8.29. The summed E-state index contributed by atoms with van der Waals surface area (Å²) in [7, 11) is 0. The number of fused-ring (bicyclic) bond motifs is 5. The van der Waals surface area contributed by atoms with E-state index in [9.17, 15) is 4.79 Å². The highest BCUT2D eigenvalue weighted by atomic mass is 16.6. The van der Waals surface area contributed by atoms with Crippen LogP contribution in [0.3, 0.4) is 0 Å². The Morgan fingerprint density at radius 1 is 1.11 bits per heavy atom. The summed E-state index contributed by atoms with van der Waals surface area (Å²) in [5, 5.41) is 7.99.